The van der Waals surface area contributed by atoms with Gasteiger partial charge < -0.3 is 0 Å². The van der Waals surface area contributed by atoms with Crippen molar-refractivity contribution in [2.45, 2.75) is 0 Å². The summed E-state index contributed by atoms with van der Waals surface area (Å²) in [7, 11) is 0. The largest absolute Gasteiger partial charge is 0 e. The van der Waals surface area contributed by atoms with Gasteiger partial charge in [-0.3, -0.25) is 0 Å². The Morgan fingerprint density at radius 1 is 1.00 bits per heavy atom. The monoisotopic (exact) mass is 320 g/mol. The van der Waals surface area contributed by atoms with E-state index in [1.165, 1.54) is 0 Å². The van der Waals surface area contributed by atoms with Gasteiger partial charge in [-0.1, -0.05) is 0 Å². The van der Waals surface area contributed by atoms with E-state index in [1.54, 1.807) is 0 Å². The molecule has 0 rings (SSSR count). The molecule has 0 fully saturated rings. The number of rotatable bonds is 0. The summed E-state index contributed by atoms with van der Waals surface area (Å²) in [6.45, 7) is 0. The second-order valence-electron chi connectivity index (χ2n) is 0. The fourth-order valence-corrected chi connectivity index (χ4v) is 0. The first-order chi connectivity index (χ1) is 0. The maximum Gasteiger partial charge on any atom is 0 e. The molecule has 4 heteroatoms. The van der Waals surface area contributed by atoms with Gasteiger partial charge in [0.15, 0.2) is 0 Å². The van der Waals surface area contributed by atoms with Crippen molar-refractivity contribution in [3.63, 3.8) is 0 Å². The molecule has 0 aromatic rings. The van der Waals surface area contributed by atoms with E-state index in [2.05, 4.69) is 0 Å². The van der Waals surface area contributed by atoms with Gasteiger partial charge in [-0.15, -0.1) is 0 Å². The van der Waals surface area contributed by atoms with E-state index >= 15 is 0 Å². The summed E-state index contributed by atoms with van der Waals surface area (Å²) in [5, 5.41) is 0. The van der Waals surface area contributed by atoms with Gasteiger partial charge in [0.2, 0.25) is 0 Å². The van der Waals surface area contributed by atoms with Gasteiger partial charge >= 0.3 is 0 Å². The van der Waals surface area contributed by atoms with Crippen LogP contribution in [-0.4, -0.2) is 0 Å². The van der Waals surface area contributed by atoms with Gasteiger partial charge in [0.1, 0.15) is 0 Å². The van der Waals surface area contributed by atoms with Crippen LogP contribution in [0, 0.1) is 0 Å². The molecule has 0 aliphatic rings. The van der Waals surface area contributed by atoms with Gasteiger partial charge in [-0.2, -0.15) is 0 Å². The first-order valence-corrected chi connectivity index (χ1v) is 0. The average Bonchev–Trinajstić information content (AvgIpc) is 0. The van der Waals surface area contributed by atoms with E-state index in [0.717, 1.165) is 0 Å². The molecule has 0 nitrogen and oxygen atoms in total. The normalized spacial score (nSPS) is 0. The molecule has 0 N–H and O–H groups in total. The van der Waals surface area contributed by atoms with Crippen LogP contribution >= 0.6 is 0 Å². The van der Waals surface area contributed by atoms with Gasteiger partial charge in [0, 0.05) is 72.8 Å². The molecule has 0 saturated heterocycles. The summed E-state index contributed by atoms with van der Waals surface area (Å²) in [4.78, 5) is 0. The number of hydrogen-bond donors (Lipinski definition) is 0. The quantitative estimate of drug-likeness (QED) is 0.551. The molecule has 2 radical (unpaired) electrons. The van der Waals surface area contributed by atoms with Gasteiger partial charge in [-0.05, 0) is 0 Å². The van der Waals surface area contributed by atoms with Crippen molar-refractivity contribution >= 4 is 0 Å². The van der Waals surface area contributed by atoms with Crippen molar-refractivity contribution in [2.24, 2.45) is 0 Å². The maximum absolute atomic E-state index is 0. The van der Waals surface area contributed by atoms with Crippen LogP contribution in [0.5, 0.6) is 0 Å². The summed E-state index contributed by atoms with van der Waals surface area (Å²) in [6, 6.07) is 0. The Morgan fingerprint density at radius 3 is 1.00 bits per heavy atom. The molecule has 34 valence electrons. The third-order valence-electron chi connectivity index (χ3n) is 0. The molecule has 0 aliphatic heterocycles. The molecule has 0 aliphatic carbocycles. The predicted octanol–water partition coefficient (Wildman–Crippen LogP) is -0.0100. The first kappa shape index (κ1) is 33.8. The molecule has 0 saturated carbocycles. The minimum absolute atomic E-state index is 0. The van der Waals surface area contributed by atoms with Crippen molar-refractivity contribution in [1.29, 1.82) is 0 Å². The van der Waals surface area contributed by atoms with Crippen LogP contribution in [-0.2, 0) is 72.8 Å². The zero-order chi connectivity index (χ0) is 0. The fourth-order valence-electron chi connectivity index (χ4n) is 0. The van der Waals surface area contributed by atoms with Gasteiger partial charge in [0.05, 0.1) is 0 Å². The van der Waals surface area contributed by atoms with Crippen LogP contribution in [0.3, 0.4) is 0 Å². The zero-order valence-corrected chi connectivity index (χ0v) is 6.90. The smallest absolute Gasteiger partial charge is 0 e. The molecule has 4 heavy (non-hydrogen) atoms. The second kappa shape index (κ2) is 18.6. The van der Waals surface area contributed by atoms with Crippen molar-refractivity contribution in [3.05, 3.63) is 0 Å². The van der Waals surface area contributed by atoms with Crippen LogP contribution in [0.15, 0.2) is 0 Å². The van der Waals surface area contributed by atoms with Crippen LogP contribution < -0.4 is 0 Å². The van der Waals surface area contributed by atoms with E-state index in [1.807, 2.05) is 0 Å². The van der Waals surface area contributed by atoms with E-state index < -0.39 is 0 Å². The minimum Gasteiger partial charge on any atom is 0 e. The topological polar surface area (TPSA) is 0 Å². The Balaban J connectivity index is 0. The third-order valence-corrected chi connectivity index (χ3v) is 0. The molecule has 0 amide bonds. The van der Waals surface area contributed by atoms with E-state index in [9.17, 15) is 0 Å². The molecular formula is CoFeRhRu. The Hall–Kier alpha value is 2.27. The second-order valence-corrected chi connectivity index (χ2v) is 0. The summed E-state index contributed by atoms with van der Waals surface area (Å²) in [6.07, 6.45) is 0. The molecule has 0 aromatic heterocycles. The Labute approximate surface area is 72.1 Å². The fraction of sp³-hybridized carbons (Fsp3) is 0. The average molecular weight is 319 g/mol. The molecule has 0 heterocycles. The van der Waals surface area contributed by atoms with Crippen molar-refractivity contribution in [3.8, 4) is 0 Å². The van der Waals surface area contributed by atoms with E-state index in [0.29, 0.717) is 0 Å². The first-order valence-electron chi connectivity index (χ1n) is 0. The predicted molar refractivity (Wildman–Crippen MR) is 0 cm³/mol. The third kappa shape index (κ3) is 8.86. The van der Waals surface area contributed by atoms with Crippen molar-refractivity contribution < 1.29 is 72.8 Å². The van der Waals surface area contributed by atoms with Crippen LogP contribution in [0.2, 0.25) is 0 Å². The summed E-state index contributed by atoms with van der Waals surface area (Å²) in [5.41, 5.74) is 0. The Bertz CT molecular complexity index is 8.00. The molecule has 0 atom stereocenters. The van der Waals surface area contributed by atoms with Crippen molar-refractivity contribution in [1.82, 2.24) is 0 Å². The molecule has 0 aromatic carbocycles. The van der Waals surface area contributed by atoms with E-state index in [-0.39, 0.29) is 72.8 Å². The molecular weight excluding hydrogens is 319 g/mol. The summed E-state index contributed by atoms with van der Waals surface area (Å²) >= 11 is 0. The number of hydrogen-bond acceptors (Lipinski definition) is 0. The summed E-state index contributed by atoms with van der Waals surface area (Å²) < 4.78 is 0. The van der Waals surface area contributed by atoms with Crippen LogP contribution in [0.1, 0.15) is 0 Å². The Morgan fingerprint density at radius 2 is 1.00 bits per heavy atom. The van der Waals surface area contributed by atoms with Gasteiger partial charge in [0.25, 0.3) is 0 Å². The van der Waals surface area contributed by atoms with E-state index in [4.69, 9.17) is 0 Å². The summed E-state index contributed by atoms with van der Waals surface area (Å²) in [5.74, 6) is 0. The van der Waals surface area contributed by atoms with Crippen LogP contribution in [0.4, 0.5) is 0 Å². The minimum atomic E-state index is 0. The molecule has 0 spiro atoms. The molecule has 0 bridgehead atoms. The standard InChI is InChI=1S/Co.Fe.Rh.Ru. The SMILES string of the molecule is [Co].[Fe].[Rh].[Ru]. The Kier molecular flexibility index (Phi) is 157. The molecule has 0 unspecified atom stereocenters. The zero-order valence-electron chi connectivity index (χ0n) is 1.37. The van der Waals surface area contributed by atoms with Gasteiger partial charge in [-0.25, -0.2) is 0 Å². The van der Waals surface area contributed by atoms with Crippen molar-refractivity contribution in [2.75, 3.05) is 0 Å². The van der Waals surface area contributed by atoms with Crippen LogP contribution in [0.25, 0.3) is 0 Å². The maximum atomic E-state index is 0.